The smallest absolute Gasteiger partial charge is 0.329 e. The summed E-state index contributed by atoms with van der Waals surface area (Å²) in [5.74, 6) is 0.464. The van der Waals surface area contributed by atoms with Crippen LogP contribution in [0.2, 0.25) is 5.02 Å². The highest BCUT2D eigenvalue weighted by atomic mass is 35.5. The fourth-order valence-electron chi connectivity index (χ4n) is 2.01. The van der Waals surface area contributed by atoms with Gasteiger partial charge >= 0.3 is 5.69 Å². The largest absolute Gasteiger partial charge is 0.364 e. The van der Waals surface area contributed by atoms with Crippen LogP contribution in [0.25, 0.3) is 0 Å². The van der Waals surface area contributed by atoms with Crippen LogP contribution in [0.4, 0.5) is 23.1 Å². The summed E-state index contributed by atoms with van der Waals surface area (Å²) in [6.45, 7) is 1.22. The van der Waals surface area contributed by atoms with E-state index in [1.807, 2.05) is 0 Å². The number of nitrogens with one attached hydrogen (secondary N) is 2. The van der Waals surface area contributed by atoms with E-state index in [1.54, 1.807) is 24.3 Å². The fourth-order valence-corrected chi connectivity index (χ4v) is 2.14. The molecule has 8 nitrogen and oxygen atoms in total. The van der Waals surface area contributed by atoms with Crippen LogP contribution in [0, 0.1) is 10.1 Å². The predicted octanol–water partition coefficient (Wildman–Crippen LogP) is 3.32. The van der Waals surface area contributed by atoms with Gasteiger partial charge in [0.05, 0.1) is 4.92 Å². The second-order valence-electron chi connectivity index (χ2n) is 5.09. The van der Waals surface area contributed by atoms with Crippen molar-refractivity contribution in [3.63, 3.8) is 0 Å². The normalized spacial score (nSPS) is 10.4. The summed E-state index contributed by atoms with van der Waals surface area (Å²) in [4.78, 5) is 18.8. The van der Waals surface area contributed by atoms with E-state index in [4.69, 9.17) is 17.3 Å². The minimum atomic E-state index is -0.506. The molecule has 0 aliphatic rings. The Hall–Kier alpha value is -2.45. The van der Waals surface area contributed by atoms with Crippen molar-refractivity contribution < 1.29 is 4.92 Å². The molecule has 1 aromatic heterocycles. The van der Waals surface area contributed by atoms with E-state index in [1.165, 1.54) is 6.20 Å². The van der Waals surface area contributed by atoms with Crippen molar-refractivity contribution in [2.75, 3.05) is 23.7 Å². The zero-order valence-corrected chi connectivity index (χ0v) is 13.8. The summed E-state index contributed by atoms with van der Waals surface area (Å²) in [6.07, 6.45) is 3.93. The fraction of sp³-hybridized carbons (Fsp3) is 0.333. The van der Waals surface area contributed by atoms with Crippen LogP contribution in [0.5, 0.6) is 0 Å². The molecule has 0 unspecified atom stereocenters. The van der Waals surface area contributed by atoms with E-state index < -0.39 is 4.92 Å². The lowest BCUT2D eigenvalue weighted by molar-refractivity contribution is -0.384. The van der Waals surface area contributed by atoms with Gasteiger partial charge in [0.15, 0.2) is 0 Å². The van der Waals surface area contributed by atoms with Gasteiger partial charge in [-0.3, -0.25) is 10.1 Å². The number of nitrogens with zero attached hydrogens (tertiary/aromatic N) is 3. The van der Waals surface area contributed by atoms with Gasteiger partial charge < -0.3 is 16.4 Å². The van der Waals surface area contributed by atoms with Gasteiger partial charge in [0.25, 0.3) is 0 Å². The molecule has 0 spiro atoms. The van der Waals surface area contributed by atoms with Crippen molar-refractivity contribution in [2.24, 2.45) is 5.73 Å². The molecule has 9 heteroatoms. The van der Waals surface area contributed by atoms with Crippen molar-refractivity contribution >= 4 is 34.7 Å². The lowest BCUT2D eigenvalue weighted by Crippen LogP contribution is -2.09. The molecule has 0 fully saturated rings. The summed E-state index contributed by atoms with van der Waals surface area (Å²) in [5, 5.41) is 17.7. The third-order valence-corrected chi connectivity index (χ3v) is 3.49. The molecule has 0 atom stereocenters. The average molecular weight is 351 g/mol. The van der Waals surface area contributed by atoms with E-state index in [0.29, 0.717) is 18.1 Å². The molecule has 0 saturated heterocycles. The zero-order valence-electron chi connectivity index (χ0n) is 13.0. The monoisotopic (exact) mass is 350 g/mol. The van der Waals surface area contributed by atoms with E-state index >= 15 is 0 Å². The molecule has 24 heavy (non-hydrogen) atoms. The second-order valence-corrected chi connectivity index (χ2v) is 5.53. The maximum absolute atomic E-state index is 11.1. The summed E-state index contributed by atoms with van der Waals surface area (Å²) in [7, 11) is 0. The maximum Gasteiger partial charge on any atom is 0.329 e. The van der Waals surface area contributed by atoms with E-state index in [0.717, 1.165) is 24.9 Å². The third kappa shape index (κ3) is 5.32. The Morgan fingerprint density at radius 1 is 1.21 bits per heavy atom. The molecule has 0 saturated carbocycles. The summed E-state index contributed by atoms with van der Waals surface area (Å²) >= 11 is 5.84. The number of unbranched alkanes of at least 4 members (excludes halogenated alkanes) is 2. The molecule has 0 aliphatic carbocycles. The predicted molar refractivity (Wildman–Crippen MR) is 94.8 cm³/mol. The number of nitrogens with two attached hydrogens (primary N) is 1. The van der Waals surface area contributed by atoms with E-state index in [-0.39, 0.29) is 17.5 Å². The number of nitro groups is 1. The molecular formula is C15H19ClN6O2. The van der Waals surface area contributed by atoms with E-state index in [2.05, 4.69) is 20.6 Å². The Balaban J connectivity index is 2.08. The van der Waals surface area contributed by atoms with Gasteiger partial charge in [0, 0.05) is 17.3 Å². The molecule has 2 aromatic rings. The number of benzene rings is 1. The highest BCUT2D eigenvalue weighted by Gasteiger charge is 2.17. The lowest BCUT2D eigenvalue weighted by atomic mass is 10.2. The first-order chi connectivity index (χ1) is 11.6. The Morgan fingerprint density at radius 2 is 1.96 bits per heavy atom. The molecule has 128 valence electrons. The molecule has 0 radical (unpaired) electrons. The van der Waals surface area contributed by atoms with Crippen molar-refractivity contribution in [2.45, 2.75) is 19.3 Å². The third-order valence-electron chi connectivity index (χ3n) is 3.24. The first kappa shape index (κ1) is 17.9. The first-order valence-corrected chi connectivity index (χ1v) is 7.96. The lowest BCUT2D eigenvalue weighted by Gasteiger charge is -2.09. The standard InChI is InChI=1S/C15H19ClN6O2/c16-11-4-6-12(7-5-11)20-15-19-10-13(22(23)24)14(21-15)18-9-3-1-2-8-17/h4-7,10H,1-3,8-9,17H2,(H2,18,19,20,21). The van der Waals surface area contributed by atoms with Crippen molar-refractivity contribution in [3.05, 3.63) is 45.6 Å². The number of hydrogen-bond donors (Lipinski definition) is 3. The second kappa shape index (κ2) is 8.99. The maximum atomic E-state index is 11.1. The Kier molecular flexibility index (Phi) is 6.71. The highest BCUT2D eigenvalue weighted by Crippen LogP contribution is 2.24. The molecule has 0 aliphatic heterocycles. The number of hydrogen-bond acceptors (Lipinski definition) is 7. The van der Waals surface area contributed by atoms with Crippen LogP contribution in [0.15, 0.2) is 30.5 Å². The molecule has 2 rings (SSSR count). The number of rotatable bonds is 9. The van der Waals surface area contributed by atoms with Gasteiger partial charge in [-0.15, -0.1) is 0 Å². The SMILES string of the molecule is NCCCCCNc1nc(Nc2ccc(Cl)cc2)ncc1[N+](=O)[O-]. The van der Waals surface area contributed by atoms with Gasteiger partial charge in [-0.1, -0.05) is 18.0 Å². The van der Waals surface area contributed by atoms with Crippen LogP contribution in [0.1, 0.15) is 19.3 Å². The van der Waals surface area contributed by atoms with Crippen LogP contribution >= 0.6 is 11.6 Å². The number of anilines is 3. The quantitative estimate of drug-likeness (QED) is 0.360. The molecule has 0 amide bonds. The Bertz CT molecular complexity index is 680. The average Bonchev–Trinajstić information content (AvgIpc) is 2.57. The Morgan fingerprint density at radius 3 is 2.62 bits per heavy atom. The topological polar surface area (TPSA) is 119 Å². The van der Waals surface area contributed by atoms with Crippen LogP contribution < -0.4 is 16.4 Å². The molecule has 1 heterocycles. The van der Waals surface area contributed by atoms with Crippen molar-refractivity contribution in [1.29, 1.82) is 0 Å². The minimum absolute atomic E-state index is 0.157. The van der Waals surface area contributed by atoms with Crippen molar-refractivity contribution in [3.8, 4) is 0 Å². The molecule has 4 N–H and O–H groups in total. The van der Waals surface area contributed by atoms with Gasteiger partial charge in [0.1, 0.15) is 6.20 Å². The Labute approximate surface area is 144 Å². The first-order valence-electron chi connectivity index (χ1n) is 7.58. The number of halogens is 1. The highest BCUT2D eigenvalue weighted by molar-refractivity contribution is 6.30. The van der Waals surface area contributed by atoms with Crippen LogP contribution in [0.3, 0.4) is 0 Å². The molecular weight excluding hydrogens is 332 g/mol. The number of aromatic nitrogens is 2. The van der Waals surface area contributed by atoms with Crippen molar-refractivity contribution in [1.82, 2.24) is 9.97 Å². The summed E-state index contributed by atoms with van der Waals surface area (Å²) in [6, 6.07) is 7.00. The van der Waals surface area contributed by atoms with Gasteiger partial charge in [-0.25, -0.2) is 4.98 Å². The summed E-state index contributed by atoms with van der Waals surface area (Å²) in [5.41, 5.74) is 6.02. The molecule has 1 aromatic carbocycles. The van der Waals surface area contributed by atoms with Gasteiger partial charge in [-0.05, 0) is 43.7 Å². The van der Waals surface area contributed by atoms with Gasteiger partial charge in [-0.2, -0.15) is 4.98 Å². The van der Waals surface area contributed by atoms with E-state index in [9.17, 15) is 10.1 Å². The zero-order chi connectivity index (χ0) is 17.4. The minimum Gasteiger partial charge on any atom is -0.364 e. The van der Waals surface area contributed by atoms with Crippen LogP contribution in [-0.2, 0) is 0 Å². The summed E-state index contributed by atoms with van der Waals surface area (Å²) < 4.78 is 0. The van der Waals surface area contributed by atoms with Gasteiger partial charge in [0.2, 0.25) is 11.8 Å². The van der Waals surface area contributed by atoms with Crippen LogP contribution in [-0.4, -0.2) is 28.0 Å². The molecule has 0 bridgehead atoms.